The Labute approximate surface area is 127 Å². The second kappa shape index (κ2) is 6.40. The Morgan fingerprint density at radius 2 is 1.38 bits per heavy atom. The average molecular weight is 285 g/mol. The highest BCUT2D eigenvalue weighted by Gasteiger charge is 2.15. The van der Waals surface area contributed by atoms with Crippen molar-refractivity contribution in [1.82, 2.24) is 5.32 Å². The highest BCUT2D eigenvalue weighted by atomic mass is 19.1. The van der Waals surface area contributed by atoms with Gasteiger partial charge in [-0.3, -0.25) is 0 Å². The van der Waals surface area contributed by atoms with Crippen LogP contribution in [0.3, 0.4) is 0 Å². The molecule has 2 heteroatoms. The van der Waals surface area contributed by atoms with Gasteiger partial charge in [0.2, 0.25) is 0 Å². The van der Waals surface area contributed by atoms with Gasteiger partial charge in [0.05, 0.1) is 0 Å². The zero-order chi connectivity index (χ0) is 15.6. The maximum atomic E-state index is 13.8. The molecule has 0 bridgehead atoms. The quantitative estimate of drug-likeness (QED) is 0.818. The Morgan fingerprint density at radius 3 is 2.05 bits per heavy atom. The lowest BCUT2D eigenvalue weighted by Gasteiger charge is -2.23. The smallest absolute Gasteiger partial charge is 0.127 e. The van der Waals surface area contributed by atoms with Gasteiger partial charge in [0.25, 0.3) is 0 Å². The van der Waals surface area contributed by atoms with Crippen molar-refractivity contribution in [2.45, 2.75) is 46.7 Å². The minimum Gasteiger partial charge on any atom is -0.304 e. The Bertz CT molecular complexity index is 633. The van der Waals surface area contributed by atoms with Crippen LogP contribution in [-0.2, 0) is 0 Å². The molecule has 21 heavy (non-hydrogen) atoms. The molecule has 0 spiro atoms. The zero-order valence-electron chi connectivity index (χ0n) is 13.5. The van der Waals surface area contributed by atoms with Gasteiger partial charge in [0.15, 0.2) is 0 Å². The van der Waals surface area contributed by atoms with E-state index in [1.54, 1.807) is 6.07 Å². The van der Waals surface area contributed by atoms with Gasteiger partial charge in [-0.25, -0.2) is 4.39 Å². The zero-order valence-corrected chi connectivity index (χ0v) is 13.5. The molecule has 2 aromatic carbocycles. The van der Waals surface area contributed by atoms with E-state index in [2.05, 4.69) is 45.1 Å². The lowest BCUT2D eigenvalue weighted by atomic mass is 9.95. The van der Waals surface area contributed by atoms with Crippen LogP contribution in [-0.4, -0.2) is 0 Å². The number of hydrogen-bond acceptors (Lipinski definition) is 1. The number of benzene rings is 2. The minimum atomic E-state index is -0.151. The molecule has 1 nitrogen and oxygen atoms in total. The van der Waals surface area contributed by atoms with E-state index in [0.29, 0.717) is 5.56 Å². The highest BCUT2D eigenvalue weighted by Crippen LogP contribution is 2.25. The minimum absolute atomic E-state index is 0.0257. The third kappa shape index (κ3) is 3.51. The third-order valence-corrected chi connectivity index (χ3v) is 4.22. The van der Waals surface area contributed by atoms with Crippen LogP contribution in [0, 0.1) is 26.6 Å². The normalized spacial score (nSPS) is 14.0. The first-order valence-electron chi connectivity index (χ1n) is 7.48. The van der Waals surface area contributed by atoms with E-state index in [-0.39, 0.29) is 17.9 Å². The van der Waals surface area contributed by atoms with Gasteiger partial charge in [-0.15, -0.1) is 0 Å². The first-order chi connectivity index (χ1) is 9.90. The summed E-state index contributed by atoms with van der Waals surface area (Å²) in [5, 5.41) is 3.50. The van der Waals surface area contributed by atoms with Crippen LogP contribution in [0.4, 0.5) is 4.39 Å². The molecule has 0 saturated carbocycles. The van der Waals surface area contributed by atoms with Gasteiger partial charge in [0.1, 0.15) is 5.82 Å². The largest absolute Gasteiger partial charge is 0.304 e. The summed E-state index contributed by atoms with van der Waals surface area (Å²) >= 11 is 0. The predicted octanol–water partition coefficient (Wildman–Crippen LogP) is 5.16. The summed E-state index contributed by atoms with van der Waals surface area (Å²) in [6.07, 6.45) is 0. The third-order valence-electron chi connectivity index (χ3n) is 4.22. The molecule has 0 aliphatic rings. The van der Waals surface area contributed by atoms with Gasteiger partial charge in [-0.05, 0) is 62.9 Å². The van der Waals surface area contributed by atoms with E-state index in [0.717, 1.165) is 0 Å². The second-order valence-electron chi connectivity index (χ2n) is 5.92. The highest BCUT2D eigenvalue weighted by molar-refractivity contribution is 5.38. The van der Waals surface area contributed by atoms with Gasteiger partial charge < -0.3 is 5.32 Å². The average Bonchev–Trinajstić information content (AvgIpc) is 2.43. The van der Waals surface area contributed by atoms with Crippen molar-refractivity contribution in [1.29, 1.82) is 0 Å². The lowest BCUT2D eigenvalue weighted by molar-refractivity contribution is 0.472. The fourth-order valence-corrected chi connectivity index (χ4v) is 2.83. The lowest BCUT2D eigenvalue weighted by Crippen LogP contribution is -2.24. The van der Waals surface area contributed by atoms with Crippen molar-refractivity contribution in [3.05, 3.63) is 70.0 Å². The van der Waals surface area contributed by atoms with Gasteiger partial charge in [0, 0.05) is 17.6 Å². The van der Waals surface area contributed by atoms with Crippen molar-refractivity contribution >= 4 is 0 Å². The Kier molecular flexibility index (Phi) is 4.79. The van der Waals surface area contributed by atoms with E-state index >= 15 is 0 Å². The van der Waals surface area contributed by atoms with Crippen LogP contribution in [0.1, 0.15) is 53.7 Å². The van der Waals surface area contributed by atoms with Crippen molar-refractivity contribution in [3.8, 4) is 0 Å². The molecule has 0 aromatic heterocycles. The van der Waals surface area contributed by atoms with E-state index < -0.39 is 0 Å². The Morgan fingerprint density at radius 1 is 0.810 bits per heavy atom. The molecule has 0 aliphatic carbocycles. The summed E-state index contributed by atoms with van der Waals surface area (Å²) in [5.74, 6) is -0.151. The summed E-state index contributed by atoms with van der Waals surface area (Å²) in [6.45, 7) is 10.5. The number of nitrogens with one attached hydrogen (secondary N) is 1. The standard InChI is InChI=1S/C19H24FN/c1-12-10-14(3)18(11-13(12)2)16(5)21-15(4)17-8-6-7-9-19(17)20/h6-11,15-16,21H,1-5H3. The molecule has 0 saturated heterocycles. The summed E-state index contributed by atoms with van der Waals surface area (Å²) in [7, 11) is 0. The summed E-state index contributed by atoms with van der Waals surface area (Å²) in [5.41, 5.74) is 5.87. The van der Waals surface area contributed by atoms with Crippen LogP contribution >= 0.6 is 0 Å². The Balaban J connectivity index is 2.20. The monoisotopic (exact) mass is 285 g/mol. The molecule has 0 heterocycles. The number of halogens is 1. The van der Waals surface area contributed by atoms with E-state index in [1.807, 2.05) is 19.1 Å². The van der Waals surface area contributed by atoms with Gasteiger partial charge in [-0.1, -0.05) is 30.3 Å². The molecule has 2 unspecified atom stereocenters. The molecule has 2 rings (SSSR count). The molecule has 1 N–H and O–H groups in total. The number of aryl methyl sites for hydroxylation is 3. The number of rotatable bonds is 4. The first-order valence-corrected chi connectivity index (χ1v) is 7.48. The summed E-state index contributed by atoms with van der Waals surface area (Å²) < 4.78 is 13.8. The first kappa shape index (κ1) is 15.7. The van der Waals surface area contributed by atoms with Crippen LogP contribution in [0.25, 0.3) is 0 Å². The predicted molar refractivity (Wildman–Crippen MR) is 87.0 cm³/mol. The molecule has 0 aliphatic heterocycles. The maximum absolute atomic E-state index is 13.8. The molecule has 0 amide bonds. The molecule has 0 radical (unpaired) electrons. The van der Waals surface area contributed by atoms with Crippen molar-refractivity contribution in [2.24, 2.45) is 0 Å². The maximum Gasteiger partial charge on any atom is 0.127 e. The molecule has 0 fully saturated rings. The topological polar surface area (TPSA) is 12.0 Å². The molecular formula is C19H24FN. The van der Waals surface area contributed by atoms with Crippen LogP contribution in [0.2, 0.25) is 0 Å². The van der Waals surface area contributed by atoms with Gasteiger partial charge >= 0.3 is 0 Å². The summed E-state index contributed by atoms with van der Waals surface area (Å²) in [4.78, 5) is 0. The van der Waals surface area contributed by atoms with Crippen molar-refractivity contribution in [2.75, 3.05) is 0 Å². The molecule has 112 valence electrons. The molecule has 2 aromatic rings. The van der Waals surface area contributed by atoms with E-state index in [1.165, 1.54) is 28.3 Å². The van der Waals surface area contributed by atoms with Crippen molar-refractivity contribution in [3.63, 3.8) is 0 Å². The van der Waals surface area contributed by atoms with Crippen LogP contribution in [0.5, 0.6) is 0 Å². The SMILES string of the molecule is Cc1cc(C)c(C(C)NC(C)c2ccccc2F)cc1C. The van der Waals surface area contributed by atoms with Crippen molar-refractivity contribution < 1.29 is 4.39 Å². The van der Waals surface area contributed by atoms with E-state index in [9.17, 15) is 4.39 Å². The van der Waals surface area contributed by atoms with E-state index in [4.69, 9.17) is 0 Å². The molecule has 2 atom stereocenters. The molecular weight excluding hydrogens is 261 g/mol. The number of hydrogen-bond donors (Lipinski definition) is 1. The van der Waals surface area contributed by atoms with Crippen LogP contribution in [0.15, 0.2) is 36.4 Å². The fraction of sp³-hybridized carbons (Fsp3) is 0.368. The van der Waals surface area contributed by atoms with Crippen LogP contribution < -0.4 is 5.32 Å². The fourth-order valence-electron chi connectivity index (χ4n) is 2.83. The van der Waals surface area contributed by atoms with Gasteiger partial charge in [-0.2, -0.15) is 0 Å². The Hall–Kier alpha value is -1.67. The second-order valence-corrected chi connectivity index (χ2v) is 5.92. The summed E-state index contributed by atoms with van der Waals surface area (Å²) in [6, 6.07) is 11.6.